The monoisotopic (exact) mass is 452 g/mol. The lowest BCUT2D eigenvalue weighted by Gasteiger charge is -2.34. The Morgan fingerprint density at radius 3 is 2.03 bits per heavy atom. The van der Waals surface area contributed by atoms with Crippen molar-refractivity contribution in [3.63, 3.8) is 0 Å². The van der Waals surface area contributed by atoms with Crippen LogP contribution in [0.4, 0.5) is 4.79 Å². The number of alkyl carbamates (subject to hydrolysis) is 1. The maximum Gasteiger partial charge on any atom is 0.408 e. The highest BCUT2D eigenvalue weighted by molar-refractivity contribution is 5.81. The van der Waals surface area contributed by atoms with E-state index in [1.54, 1.807) is 18.2 Å². The molecule has 0 bridgehead atoms. The molecule has 0 aromatic rings. The number of nitrogens with zero attached hydrogens (tertiary/aromatic N) is 1. The molecule has 186 valence electrons. The van der Waals surface area contributed by atoms with Gasteiger partial charge in [-0.05, 0) is 37.7 Å². The number of amides is 1. The molecule has 1 heterocycles. The van der Waals surface area contributed by atoms with E-state index in [4.69, 9.17) is 9.47 Å². The summed E-state index contributed by atoms with van der Waals surface area (Å²) in [4.78, 5) is 26.3. The van der Waals surface area contributed by atoms with Crippen LogP contribution in [0.15, 0.2) is 49.2 Å². The molecule has 0 saturated carbocycles. The van der Waals surface area contributed by atoms with Crippen molar-refractivity contribution < 1.29 is 19.1 Å². The van der Waals surface area contributed by atoms with Crippen LogP contribution in [0.3, 0.4) is 0 Å². The Morgan fingerprint density at radius 2 is 1.62 bits per heavy atom. The first kappa shape index (κ1) is 34.1. The van der Waals surface area contributed by atoms with Crippen molar-refractivity contribution >= 4 is 12.1 Å². The Hall–Kier alpha value is -2.50. The van der Waals surface area contributed by atoms with E-state index in [0.717, 1.165) is 37.2 Å². The van der Waals surface area contributed by atoms with Gasteiger partial charge in [0, 0.05) is 18.8 Å². The molecule has 0 spiro atoms. The fourth-order valence-corrected chi connectivity index (χ4v) is 2.90. The SMILES string of the molecule is C=C/C=C(\C=C)COC(=O)N[C@@H](CC1CCN(C(=C)C)CC1)C(=O)OC.CC.CC.CC. The van der Waals surface area contributed by atoms with Gasteiger partial charge in [-0.1, -0.05) is 79.5 Å². The molecular formula is C26H48N2O4. The van der Waals surface area contributed by atoms with E-state index in [1.165, 1.54) is 7.11 Å². The molecule has 6 heteroatoms. The first-order valence-corrected chi connectivity index (χ1v) is 11.8. The van der Waals surface area contributed by atoms with Crippen LogP contribution in [0.2, 0.25) is 0 Å². The molecular weight excluding hydrogens is 404 g/mol. The highest BCUT2D eigenvalue weighted by Gasteiger charge is 2.28. The van der Waals surface area contributed by atoms with Crippen LogP contribution in [-0.4, -0.2) is 49.8 Å². The summed E-state index contributed by atoms with van der Waals surface area (Å²) in [5, 5.41) is 2.62. The van der Waals surface area contributed by atoms with E-state index in [1.807, 2.05) is 48.5 Å². The smallest absolute Gasteiger partial charge is 0.408 e. The summed E-state index contributed by atoms with van der Waals surface area (Å²) in [5.74, 6) is -0.130. The first-order valence-electron chi connectivity index (χ1n) is 11.8. The number of hydrogen-bond donors (Lipinski definition) is 1. The molecule has 0 unspecified atom stereocenters. The molecule has 0 aromatic carbocycles. The van der Waals surface area contributed by atoms with Gasteiger partial charge in [0.1, 0.15) is 12.6 Å². The molecule has 1 fully saturated rings. The number of allylic oxidation sites excluding steroid dienone is 3. The third-order valence-corrected chi connectivity index (χ3v) is 4.47. The number of carbonyl (C=O) groups is 2. The molecule has 1 atom stereocenters. The zero-order valence-corrected chi connectivity index (χ0v) is 21.8. The molecule has 6 nitrogen and oxygen atoms in total. The van der Waals surface area contributed by atoms with Crippen LogP contribution in [0, 0.1) is 5.92 Å². The highest BCUT2D eigenvalue weighted by atomic mass is 16.6. The minimum atomic E-state index is -0.718. The maximum absolute atomic E-state index is 12.0. The van der Waals surface area contributed by atoms with Gasteiger partial charge in [-0.25, -0.2) is 9.59 Å². The summed E-state index contributed by atoms with van der Waals surface area (Å²) < 4.78 is 9.97. The van der Waals surface area contributed by atoms with Crippen LogP contribution in [0.5, 0.6) is 0 Å². The highest BCUT2D eigenvalue weighted by Crippen LogP contribution is 2.24. The molecule has 1 N–H and O–H groups in total. The molecule has 0 aromatic heterocycles. The molecule has 1 amide bonds. The topological polar surface area (TPSA) is 67.9 Å². The average Bonchev–Trinajstić information content (AvgIpc) is 2.84. The van der Waals surface area contributed by atoms with Crippen molar-refractivity contribution in [2.75, 3.05) is 26.8 Å². The summed E-state index contributed by atoms with van der Waals surface area (Å²) >= 11 is 0. The number of rotatable bonds is 9. The third kappa shape index (κ3) is 15.3. The molecule has 1 rings (SSSR count). The predicted octanol–water partition coefficient (Wildman–Crippen LogP) is 6.27. The zero-order valence-electron chi connectivity index (χ0n) is 21.8. The first-order chi connectivity index (χ1) is 15.4. The van der Waals surface area contributed by atoms with Gasteiger partial charge in [-0.2, -0.15) is 0 Å². The van der Waals surface area contributed by atoms with Gasteiger partial charge in [0.2, 0.25) is 0 Å². The lowest BCUT2D eigenvalue weighted by molar-refractivity contribution is -0.143. The second-order valence-electron chi connectivity index (χ2n) is 6.38. The number of piperidine rings is 1. The minimum absolute atomic E-state index is 0.0618. The number of carbonyl (C=O) groups excluding carboxylic acids is 2. The van der Waals surface area contributed by atoms with Gasteiger partial charge in [-0.15, -0.1) is 0 Å². The molecule has 1 saturated heterocycles. The van der Waals surface area contributed by atoms with Crippen LogP contribution < -0.4 is 5.32 Å². The fraction of sp³-hybridized carbons (Fsp3) is 0.615. The summed E-state index contributed by atoms with van der Waals surface area (Å²) in [7, 11) is 1.31. The van der Waals surface area contributed by atoms with E-state index >= 15 is 0 Å². The fourth-order valence-electron chi connectivity index (χ4n) is 2.90. The lowest BCUT2D eigenvalue weighted by Crippen LogP contribution is -2.44. The van der Waals surface area contributed by atoms with Crippen LogP contribution in [0.25, 0.3) is 0 Å². The van der Waals surface area contributed by atoms with E-state index in [9.17, 15) is 9.59 Å². The van der Waals surface area contributed by atoms with Crippen molar-refractivity contribution in [2.45, 2.75) is 73.8 Å². The molecule has 1 aliphatic heterocycles. The minimum Gasteiger partial charge on any atom is -0.467 e. The Bertz CT molecular complexity index is 562. The molecule has 32 heavy (non-hydrogen) atoms. The normalized spacial score (nSPS) is 13.9. The maximum atomic E-state index is 12.0. The van der Waals surface area contributed by atoms with Crippen molar-refractivity contribution in [3.8, 4) is 0 Å². The van der Waals surface area contributed by atoms with Gasteiger partial charge in [0.25, 0.3) is 0 Å². The summed E-state index contributed by atoms with van der Waals surface area (Å²) in [5.41, 5.74) is 1.78. The van der Waals surface area contributed by atoms with Gasteiger partial charge < -0.3 is 19.7 Å². The quantitative estimate of drug-likeness (QED) is 0.330. The van der Waals surface area contributed by atoms with Crippen molar-refractivity contribution in [1.29, 1.82) is 0 Å². The Kier molecular flexibility index (Phi) is 24.7. The van der Waals surface area contributed by atoms with Crippen LogP contribution in [0.1, 0.15) is 67.7 Å². The third-order valence-electron chi connectivity index (χ3n) is 4.47. The Morgan fingerprint density at radius 1 is 1.09 bits per heavy atom. The van der Waals surface area contributed by atoms with E-state index < -0.39 is 18.1 Å². The van der Waals surface area contributed by atoms with Crippen molar-refractivity contribution in [1.82, 2.24) is 10.2 Å². The number of hydrogen-bond acceptors (Lipinski definition) is 5. The molecule has 1 aliphatic rings. The molecule has 0 radical (unpaired) electrons. The van der Waals surface area contributed by atoms with Crippen LogP contribution in [-0.2, 0) is 14.3 Å². The van der Waals surface area contributed by atoms with Gasteiger partial charge in [0.05, 0.1) is 7.11 Å². The number of esters is 1. The second kappa shape index (κ2) is 23.2. The average molecular weight is 453 g/mol. The summed E-state index contributed by atoms with van der Waals surface area (Å²) in [6, 6.07) is -0.718. The van der Waals surface area contributed by atoms with Gasteiger partial charge in [0.15, 0.2) is 0 Å². The van der Waals surface area contributed by atoms with E-state index in [-0.39, 0.29) is 6.61 Å². The zero-order chi connectivity index (χ0) is 25.5. The Balaban J connectivity index is -0.00000129. The summed E-state index contributed by atoms with van der Waals surface area (Å²) in [6.07, 6.45) is 6.64. The number of likely N-dealkylation sites (tertiary alicyclic amines) is 1. The number of methoxy groups -OCH3 is 1. The van der Waals surface area contributed by atoms with E-state index in [2.05, 4.69) is 30.0 Å². The molecule has 0 aliphatic carbocycles. The van der Waals surface area contributed by atoms with Gasteiger partial charge >= 0.3 is 12.1 Å². The number of ether oxygens (including phenoxy) is 2. The predicted molar refractivity (Wildman–Crippen MR) is 137 cm³/mol. The lowest BCUT2D eigenvalue weighted by atomic mass is 9.90. The van der Waals surface area contributed by atoms with E-state index in [0.29, 0.717) is 12.3 Å². The summed E-state index contributed by atoms with van der Waals surface area (Å²) in [6.45, 7) is 27.1. The van der Waals surface area contributed by atoms with Crippen molar-refractivity contribution in [2.24, 2.45) is 5.92 Å². The standard InChI is InChI=1S/C20H30N2O4.3C2H6/c1-6-8-16(7-2)14-26-20(24)21-18(19(23)25-5)13-17-9-11-22(12-10-17)15(3)4;3*1-2/h6-8,17-18H,1-3,9-14H2,4-5H3,(H,21,24);3*1-2H3/b16-8+;;;/t18-;;;/m0.../s1. The Labute approximate surface area is 197 Å². The largest absolute Gasteiger partial charge is 0.467 e. The van der Waals surface area contributed by atoms with Crippen LogP contribution >= 0.6 is 0 Å². The van der Waals surface area contributed by atoms with Gasteiger partial charge in [-0.3, -0.25) is 0 Å². The van der Waals surface area contributed by atoms with Crippen molar-refractivity contribution in [3.05, 3.63) is 49.2 Å². The number of nitrogens with one attached hydrogen (secondary N) is 1. The second-order valence-corrected chi connectivity index (χ2v) is 6.38.